The summed E-state index contributed by atoms with van der Waals surface area (Å²) in [4.78, 5) is 35.8. The third kappa shape index (κ3) is 4.29. The summed E-state index contributed by atoms with van der Waals surface area (Å²) in [6.45, 7) is 0. The Morgan fingerprint density at radius 3 is 2.53 bits per heavy atom. The van der Waals surface area contributed by atoms with Crippen LogP contribution in [0.2, 0.25) is 0 Å². The number of pyridine rings is 1. The molecule has 4 rings (SSSR count). The van der Waals surface area contributed by atoms with Crippen LogP contribution in [-0.2, 0) is 6.18 Å². The van der Waals surface area contributed by atoms with Crippen LogP contribution < -0.4 is 10.6 Å². The van der Waals surface area contributed by atoms with Gasteiger partial charge in [0.2, 0.25) is 5.95 Å². The van der Waals surface area contributed by atoms with Crippen molar-refractivity contribution in [3.05, 3.63) is 83.2 Å². The topological polar surface area (TPSA) is 99.8 Å². The number of H-pyrrole nitrogens is 1. The van der Waals surface area contributed by atoms with E-state index in [0.717, 1.165) is 12.1 Å². The molecular weight excluding hydrogens is 423 g/mol. The number of carbonyl (C=O) groups is 2. The van der Waals surface area contributed by atoms with Gasteiger partial charge in [-0.15, -0.1) is 0 Å². The number of amides is 1. The van der Waals surface area contributed by atoms with E-state index in [2.05, 4.69) is 25.6 Å². The fourth-order valence-electron chi connectivity index (χ4n) is 3.11. The van der Waals surface area contributed by atoms with Gasteiger partial charge in [-0.2, -0.15) is 13.2 Å². The van der Waals surface area contributed by atoms with Crippen molar-refractivity contribution in [2.45, 2.75) is 6.18 Å². The van der Waals surface area contributed by atoms with Crippen LogP contribution in [0.15, 0.2) is 60.8 Å². The summed E-state index contributed by atoms with van der Waals surface area (Å²) in [6.07, 6.45) is -3.07. The Morgan fingerprint density at radius 1 is 1.00 bits per heavy atom. The molecule has 162 valence electrons. The summed E-state index contributed by atoms with van der Waals surface area (Å²) < 4.78 is 38.7. The molecular formula is C22H16F3N5O2. The Kier molecular flexibility index (Phi) is 5.35. The Morgan fingerprint density at radius 2 is 1.78 bits per heavy atom. The summed E-state index contributed by atoms with van der Waals surface area (Å²) in [7, 11) is 1.47. The van der Waals surface area contributed by atoms with Crippen molar-refractivity contribution in [2.24, 2.45) is 0 Å². The molecule has 2 heterocycles. The first-order valence-corrected chi connectivity index (χ1v) is 9.41. The summed E-state index contributed by atoms with van der Waals surface area (Å²) in [5, 5.41) is 5.26. The molecule has 0 atom stereocenters. The zero-order valence-electron chi connectivity index (χ0n) is 16.6. The highest BCUT2D eigenvalue weighted by atomic mass is 19.4. The lowest BCUT2D eigenvalue weighted by Crippen LogP contribution is -2.19. The fourth-order valence-corrected chi connectivity index (χ4v) is 3.11. The van der Waals surface area contributed by atoms with Gasteiger partial charge in [0.05, 0.1) is 16.6 Å². The van der Waals surface area contributed by atoms with Crippen LogP contribution in [0.25, 0.3) is 11.0 Å². The van der Waals surface area contributed by atoms with Crippen molar-refractivity contribution in [1.82, 2.24) is 20.3 Å². The lowest BCUT2D eigenvalue weighted by Gasteiger charge is -2.08. The van der Waals surface area contributed by atoms with Crippen molar-refractivity contribution < 1.29 is 22.8 Å². The van der Waals surface area contributed by atoms with Crippen molar-refractivity contribution in [2.75, 3.05) is 12.4 Å². The first-order valence-electron chi connectivity index (χ1n) is 9.41. The number of ketones is 1. The van der Waals surface area contributed by atoms with Crippen molar-refractivity contribution >= 4 is 34.4 Å². The van der Waals surface area contributed by atoms with Gasteiger partial charge in [0, 0.05) is 30.1 Å². The maximum atomic E-state index is 12.9. The van der Waals surface area contributed by atoms with Gasteiger partial charge in [-0.25, -0.2) is 4.98 Å². The first-order chi connectivity index (χ1) is 15.2. The average Bonchev–Trinajstić information content (AvgIpc) is 3.19. The van der Waals surface area contributed by atoms with Gasteiger partial charge in [-0.3, -0.25) is 14.6 Å². The minimum absolute atomic E-state index is 0.119. The molecule has 0 aliphatic carbocycles. The number of nitrogens with zero attached hydrogens (tertiary/aromatic N) is 2. The zero-order chi connectivity index (χ0) is 22.9. The number of benzene rings is 2. The van der Waals surface area contributed by atoms with Crippen molar-refractivity contribution in [3.63, 3.8) is 0 Å². The number of nitrogens with one attached hydrogen (secondary N) is 3. The standard InChI is InChI=1S/C22H16F3N5O2/c1-26-20(32)18-10-13(7-8-27-18)19(31)12-5-6-16-17(9-12)30-21(29-16)28-15-4-2-3-14(11-15)22(23,24)25/h2-11H,1H3,(H,26,32)(H2,28,29,30). The number of rotatable bonds is 5. The van der Waals surface area contributed by atoms with Crippen LogP contribution in [-0.4, -0.2) is 33.7 Å². The van der Waals surface area contributed by atoms with Gasteiger partial charge < -0.3 is 15.6 Å². The molecule has 0 spiro atoms. The number of hydrogen-bond acceptors (Lipinski definition) is 5. The Labute approximate surface area is 179 Å². The smallest absolute Gasteiger partial charge is 0.354 e. The van der Waals surface area contributed by atoms with Crippen LogP contribution in [0.3, 0.4) is 0 Å². The molecule has 0 bridgehead atoms. The SMILES string of the molecule is CNC(=O)c1cc(C(=O)c2ccc3nc(Nc4cccc(C(F)(F)F)c4)[nH]c3c2)ccn1. The Balaban J connectivity index is 1.60. The maximum Gasteiger partial charge on any atom is 0.416 e. The lowest BCUT2D eigenvalue weighted by molar-refractivity contribution is -0.137. The van der Waals surface area contributed by atoms with Gasteiger partial charge in [0.15, 0.2) is 5.78 Å². The fraction of sp³-hybridized carbons (Fsp3) is 0.0909. The number of alkyl halides is 3. The first kappa shape index (κ1) is 21.0. The number of halogens is 3. The van der Waals surface area contributed by atoms with E-state index < -0.39 is 17.6 Å². The highest BCUT2D eigenvalue weighted by molar-refractivity contribution is 6.11. The van der Waals surface area contributed by atoms with E-state index in [1.807, 2.05) is 0 Å². The molecule has 0 saturated heterocycles. The largest absolute Gasteiger partial charge is 0.416 e. The minimum Gasteiger partial charge on any atom is -0.354 e. The zero-order valence-corrected chi connectivity index (χ0v) is 16.6. The molecule has 0 radical (unpaired) electrons. The van der Waals surface area contributed by atoms with Gasteiger partial charge in [0.1, 0.15) is 5.69 Å². The Hall–Kier alpha value is -4.21. The van der Waals surface area contributed by atoms with E-state index in [1.54, 1.807) is 18.2 Å². The average molecular weight is 439 g/mol. The second kappa shape index (κ2) is 8.14. The molecule has 32 heavy (non-hydrogen) atoms. The van der Waals surface area contributed by atoms with Crippen molar-refractivity contribution in [3.8, 4) is 0 Å². The molecule has 10 heteroatoms. The van der Waals surface area contributed by atoms with E-state index in [1.165, 1.54) is 37.5 Å². The number of aromatic amines is 1. The van der Waals surface area contributed by atoms with E-state index >= 15 is 0 Å². The normalized spacial score (nSPS) is 11.4. The minimum atomic E-state index is -4.45. The third-order valence-corrected chi connectivity index (χ3v) is 4.68. The number of hydrogen-bond donors (Lipinski definition) is 3. The second-order valence-electron chi connectivity index (χ2n) is 6.86. The molecule has 3 N–H and O–H groups in total. The van der Waals surface area contributed by atoms with Crippen LogP contribution in [0.4, 0.5) is 24.8 Å². The number of aromatic nitrogens is 3. The molecule has 0 aliphatic rings. The molecule has 0 fully saturated rings. The van der Waals surface area contributed by atoms with Gasteiger partial charge >= 0.3 is 6.18 Å². The number of fused-ring (bicyclic) bond motifs is 1. The molecule has 0 saturated carbocycles. The molecule has 0 unspecified atom stereocenters. The molecule has 2 aromatic heterocycles. The van der Waals surface area contributed by atoms with E-state index in [4.69, 9.17) is 0 Å². The van der Waals surface area contributed by atoms with Crippen molar-refractivity contribution in [1.29, 1.82) is 0 Å². The number of carbonyl (C=O) groups excluding carboxylic acids is 2. The van der Waals surface area contributed by atoms with Gasteiger partial charge in [-0.05, 0) is 48.5 Å². The molecule has 0 aliphatic heterocycles. The summed E-state index contributed by atoms with van der Waals surface area (Å²) in [6, 6.07) is 12.5. The van der Waals surface area contributed by atoms with Crippen LogP contribution >= 0.6 is 0 Å². The molecule has 7 nitrogen and oxygen atoms in total. The highest BCUT2D eigenvalue weighted by Gasteiger charge is 2.30. The Bertz CT molecular complexity index is 1330. The van der Waals surface area contributed by atoms with E-state index in [0.29, 0.717) is 22.2 Å². The summed E-state index contributed by atoms with van der Waals surface area (Å²) in [5.74, 6) is -0.495. The maximum absolute atomic E-state index is 12.9. The predicted octanol–water partition coefficient (Wildman–Crippen LogP) is 4.31. The molecule has 1 amide bonds. The summed E-state index contributed by atoms with van der Waals surface area (Å²) >= 11 is 0. The predicted molar refractivity (Wildman–Crippen MR) is 112 cm³/mol. The summed E-state index contributed by atoms with van der Waals surface area (Å²) in [5.41, 5.74) is 1.24. The van der Waals surface area contributed by atoms with E-state index in [-0.39, 0.29) is 23.1 Å². The van der Waals surface area contributed by atoms with E-state index in [9.17, 15) is 22.8 Å². The quantitative estimate of drug-likeness (QED) is 0.403. The van der Waals surface area contributed by atoms with Gasteiger partial charge in [-0.1, -0.05) is 6.07 Å². The van der Waals surface area contributed by atoms with Gasteiger partial charge in [0.25, 0.3) is 5.91 Å². The third-order valence-electron chi connectivity index (χ3n) is 4.68. The number of anilines is 2. The molecule has 2 aromatic carbocycles. The number of imidazole rings is 1. The van der Waals surface area contributed by atoms with Crippen LogP contribution in [0, 0.1) is 0 Å². The second-order valence-corrected chi connectivity index (χ2v) is 6.86. The highest BCUT2D eigenvalue weighted by Crippen LogP contribution is 2.31. The lowest BCUT2D eigenvalue weighted by atomic mass is 10.0. The monoisotopic (exact) mass is 439 g/mol. The van der Waals surface area contributed by atoms with Crippen LogP contribution in [0.1, 0.15) is 32.0 Å². The van der Waals surface area contributed by atoms with Crippen LogP contribution in [0.5, 0.6) is 0 Å². The molecule has 4 aromatic rings.